The van der Waals surface area contributed by atoms with Gasteiger partial charge in [0.15, 0.2) is 0 Å². The van der Waals surface area contributed by atoms with E-state index in [9.17, 15) is 0 Å². The molecule has 0 aliphatic rings. The summed E-state index contributed by atoms with van der Waals surface area (Å²) in [4.78, 5) is 0. The molecule has 3 heteroatoms. The van der Waals surface area contributed by atoms with Gasteiger partial charge in [-0.25, -0.2) is 0 Å². The van der Waals surface area contributed by atoms with Gasteiger partial charge in [-0.3, -0.25) is 0 Å². The first-order valence-corrected chi connectivity index (χ1v) is 3.00. The lowest BCUT2D eigenvalue weighted by molar-refractivity contribution is 0.411. The first-order chi connectivity index (χ1) is 4.38. The van der Waals surface area contributed by atoms with E-state index in [2.05, 4.69) is 5.16 Å². The van der Waals surface area contributed by atoms with Crippen LogP contribution in [0.25, 0.3) is 0 Å². The topological polar surface area (TPSA) is 52.0 Å². The highest BCUT2D eigenvalue weighted by atomic mass is 16.5. The van der Waals surface area contributed by atoms with Crippen molar-refractivity contribution in [3.63, 3.8) is 0 Å². The highest BCUT2D eigenvalue weighted by Gasteiger charge is 2.00. The Kier molecular flexibility index (Phi) is 1.85. The summed E-state index contributed by atoms with van der Waals surface area (Å²) in [6, 6.07) is 0. The molecule has 0 aliphatic heterocycles. The van der Waals surface area contributed by atoms with Gasteiger partial charge >= 0.3 is 0 Å². The van der Waals surface area contributed by atoms with Crippen molar-refractivity contribution in [2.75, 3.05) is 0 Å². The van der Waals surface area contributed by atoms with Crippen LogP contribution in [0, 0.1) is 0 Å². The maximum absolute atomic E-state index is 5.35. The van der Waals surface area contributed by atoms with Crippen molar-refractivity contribution in [3.05, 3.63) is 17.5 Å². The minimum absolute atomic E-state index is 0.472. The SMILES string of the molecule is CCc1conc1CN. The molecule has 0 atom stereocenters. The van der Waals surface area contributed by atoms with Crippen LogP contribution in [0.5, 0.6) is 0 Å². The smallest absolute Gasteiger partial charge is 0.127 e. The van der Waals surface area contributed by atoms with Gasteiger partial charge in [-0.2, -0.15) is 0 Å². The lowest BCUT2D eigenvalue weighted by Crippen LogP contribution is -1.99. The molecular weight excluding hydrogens is 116 g/mol. The van der Waals surface area contributed by atoms with Gasteiger partial charge in [-0.05, 0) is 6.42 Å². The average molecular weight is 126 g/mol. The number of aromatic nitrogens is 1. The molecule has 0 saturated carbocycles. The van der Waals surface area contributed by atoms with Crippen molar-refractivity contribution in [1.82, 2.24) is 5.16 Å². The van der Waals surface area contributed by atoms with Gasteiger partial charge in [0.05, 0.1) is 0 Å². The lowest BCUT2D eigenvalue weighted by atomic mass is 10.2. The first kappa shape index (κ1) is 6.29. The van der Waals surface area contributed by atoms with E-state index in [0.29, 0.717) is 6.54 Å². The third-order valence-corrected chi connectivity index (χ3v) is 1.30. The molecule has 0 fully saturated rings. The minimum Gasteiger partial charge on any atom is -0.364 e. The monoisotopic (exact) mass is 126 g/mol. The van der Waals surface area contributed by atoms with Crippen molar-refractivity contribution in [2.45, 2.75) is 19.9 Å². The quantitative estimate of drug-likeness (QED) is 0.634. The van der Waals surface area contributed by atoms with Gasteiger partial charge in [0.2, 0.25) is 0 Å². The Morgan fingerprint density at radius 3 is 3.00 bits per heavy atom. The van der Waals surface area contributed by atoms with Crippen LogP contribution in [0.3, 0.4) is 0 Å². The molecule has 0 unspecified atom stereocenters. The molecule has 3 nitrogen and oxygen atoms in total. The molecule has 2 N–H and O–H groups in total. The lowest BCUT2D eigenvalue weighted by Gasteiger charge is -1.88. The summed E-state index contributed by atoms with van der Waals surface area (Å²) in [5, 5.41) is 3.71. The van der Waals surface area contributed by atoms with Crippen LogP contribution in [0.1, 0.15) is 18.2 Å². The molecule has 0 aromatic carbocycles. The second-order valence-corrected chi connectivity index (χ2v) is 1.84. The second-order valence-electron chi connectivity index (χ2n) is 1.84. The van der Waals surface area contributed by atoms with Crippen molar-refractivity contribution in [1.29, 1.82) is 0 Å². The third kappa shape index (κ3) is 1.10. The van der Waals surface area contributed by atoms with Crippen LogP contribution in [0.4, 0.5) is 0 Å². The predicted molar refractivity (Wildman–Crippen MR) is 33.8 cm³/mol. The zero-order valence-corrected chi connectivity index (χ0v) is 5.42. The zero-order chi connectivity index (χ0) is 6.69. The normalized spacial score (nSPS) is 10.0. The Hall–Kier alpha value is -0.830. The molecule has 1 aromatic rings. The first-order valence-electron chi connectivity index (χ1n) is 3.00. The minimum atomic E-state index is 0.472. The summed E-state index contributed by atoms with van der Waals surface area (Å²) >= 11 is 0. The number of aryl methyl sites for hydroxylation is 1. The Balaban J connectivity index is 2.85. The number of rotatable bonds is 2. The van der Waals surface area contributed by atoms with E-state index >= 15 is 0 Å². The Labute approximate surface area is 53.8 Å². The van der Waals surface area contributed by atoms with Gasteiger partial charge in [0.1, 0.15) is 12.0 Å². The van der Waals surface area contributed by atoms with Gasteiger partial charge in [-0.15, -0.1) is 0 Å². The van der Waals surface area contributed by atoms with E-state index in [1.54, 1.807) is 6.26 Å². The summed E-state index contributed by atoms with van der Waals surface area (Å²) in [6.45, 7) is 2.52. The van der Waals surface area contributed by atoms with Crippen LogP contribution in [0.2, 0.25) is 0 Å². The number of hydrogen-bond donors (Lipinski definition) is 1. The molecule has 0 aliphatic carbocycles. The largest absolute Gasteiger partial charge is 0.364 e. The predicted octanol–water partition coefficient (Wildman–Crippen LogP) is 0.696. The summed E-state index contributed by atoms with van der Waals surface area (Å²) in [5.41, 5.74) is 7.33. The molecule has 9 heavy (non-hydrogen) atoms. The van der Waals surface area contributed by atoms with E-state index in [4.69, 9.17) is 10.3 Å². The van der Waals surface area contributed by atoms with E-state index in [1.807, 2.05) is 6.92 Å². The van der Waals surface area contributed by atoms with Gasteiger partial charge < -0.3 is 10.3 Å². The fourth-order valence-corrected chi connectivity index (χ4v) is 0.736. The fourth-order valence-electron chi connectivity index (χ4n) is 0.736. The van der Waals surface area contributed by atoms with Gasteiger partial charge in [0.25, 0.3) is 0 Å². The van der Waals surface area contributed by atoms with Gasteiger partial charge in [0, 0.05) is 12.1 Å². The number of nitrogens with two attached hydrogens (primary N) is 1. The van der Waals surface area contributed by atoms with E-state index in [1.165, 1.54) is 0 Å². The maximum Gasteiger partial charge on any atom is 0.127 e. The summed E-state index contributed by atoms with van der Waals surface area (Å²) in [6.07, 6.45) is 2.58. The molecule has 0 bridgehead atoms. The second kappa shape index (κ2) is 2.64. The molecule has 50 valence electrons. The van der Waals surface area contributed by atoms with Crippen LogP contribution in [-0.4, -0.2) is 5.16 Å². The molecule has 0 spiro atoms. The van der Waals surface area contributed by atoms with E-state index < -0.39 is 0 Å². The average Bonchev–Trinajstić information content (AvgIpc) is 2.33. The van der Waals surface area contributed by atoms with Crippen molar-refractivity contribution in [3.8, 4) is 0 Å². The molecule has 1 heterocycles. The molecule has 1 rings (SSSR count). The van der Waals surface area contributed by atoms with E-state index in [0.717, 1.165) is 17.7 Å². The van der Waals surface area contributed by atoms with Gasteiger partial charge in [-0.1, -0.05) is 12.1 Å². The van der Waals surface area contributed by atoms with Crippen LogP contribution < -0.4 is 5.73 Å². The Morgan fingerprint density at radius 2 is 2.56 bits per heavy atom. The fraction of sp³-hybridized carbons (Fsp3) is 0.500. The van der Waals surface area contributed by atoms with E-state index in [-0.39, 0.29) is 0 Å². The van der Waals surface area contributed by atoms with Crippen LogP contribution in [0.15, 0.2) is 10.8 Å². The van der Waals surface area contributed by atoms with Crippen molar-refractivity contribution in [2.24, 2.45) is 5.73 Å². The summed E-state index contributed by atoms with van der Waals surface area (Å²) < 4.78 is 4.70. The molecule has 0 amide bonds. The van der Waals surface area contributed by atoms with Crippen LogP contribution >= 0.6 is 0 Å². The highest BCUT2D eigenvalue weighted by Crippen LogP contribution is 2.04. The number of nitrogens with zero attached hydrogens (tertiary/aromatic N) is 1. The molecule has 1 aromatic heterocycles. The van der Waals surface area contributed by atoms with Crippen LogP contribution in [-0.2, 0) is 13.0 Å². The summed E-state index contributed by atoms with van der Waals surface area (Å²) in [5.74, 6) is 0. The molecule has 0 saturated heterocycles. The molecular formula is C6H10N2O. The molecule has 0 radical (unpaired) electrons. The summed E-state index contributed by atoms with van der Waals surface area (Å²) in [7, 11) is 0. The third-order valence-electron chi connectivity index (χ3n) is 1.30. The Morgan fingerprint density at radius 1 is 1.78 bits per heavy atom. The van der Waals surface area contributed by atoms with Crippen molar-refractivity contribution >= 4 is 0 Å². The number of hydrogen-bond acceptors (Lipinski definition) is 3. The maximum atomic E-state index is 5.35. The standard InChI is InChI=1S/C6H10N2O/c1-2-5-4-9-8-6(5)3-7/h4H,2-3,7H2,1H3. The highest BCUT2D eigenvalue weighted by molar-refractivity contribution is 5.13. The van der Waals surface area contributed by atoms with Crippen molar-refractivity contribution < 1.29 is 4.52 Å². The Bertz CT molecular complexity index is 164. The zero-order valence-electron chi connectivity index (χ0n) is 5.42.